The van der Waals surface area contributed by atoms with Crippen LogP contribution in [0.5, 0.6) is 5.75 Å². The molecule has 3 N–H and O–H groups in total. The minimum Gasteiger partial charge on any atom is -0.406 e. The number of aliphatic hydroxyl groups is 2. The first-order chi connectivity index (χ1) is 22.8. The number of ether oxygens (including phenoxy) is 3. The third kappa shape index (κ3) is 8.23. The van der Waals surface area contributed by atoms with Crippen LogP contribution in [0.15, 0.2) is 42.5 Å². The van der Waals surface area contributed by atoms with Crippen LogP contribution in [0.2, 0.25) is 0 Å². The molecule has 16 heteroatoms. The summed E-state index contributed by atoms with van der Waals surface area (Å²) in [6, 6.07) is 7.78. The number of benzene rings is 2. The van der Waals surface area contributed by atoms with Gasteiger partial charge in [0.2, 0.25) is 11.8 Å². The van der Waals surface area contributed by atoms with Gasteiger partial charge in [-0.25, -0.2) is 8.78 Å². The molecule has 4 fully saturated rings. The molecule has 2 aromatic carbocycles. The highest BCUT2D eigenvalue weighted by Gasteiger charge is 2.46. The maximum atomic E-state index is 14.1. The fraction of sp³-hybridized carbons (Fsp3) is 0.562. The summed E-state index contributed by atoms with van der Waals surface area (Å²) in [7, 11) is 0. The van der Waals surface area contributed by atoms with Gasteiger partial charge >= 0.3 is 6.36 Å². The number of rotatable bonds is 5. The minimum absolute atomic E-state index is 0.0645. The molecule has 4 saturated heterocycles. The number of nitrogens with one attached hydrogen (secondary N) is 1. The van der Waals surface area contributed by atoms with E-state index in [1.807, 2.05) is 9.80 Å². The van der Waals surface area contributed by atoms with Gasteiger partial charge in [0.15, 0.2) is 11.6 Å². The van der Waals surface area contributed by atoms with Crippen LogP contribution in [-0.2, 0) is 32.2 Å². The lowest BCUT2D eigenvalue weighted by Gasteiger charge is -2.38. The molecule has 0 unspecified atom stereocenters. The van der Waals surface area contributed by atoms with Gasteiger partial charge in [-0.1, -0.05) is 18.2 Å². The molecule has 48 heavy (non-hydrogen) atoms. The molecule has 2 aromatic rings. The second kappa shape index (κ2) is 14.2. The van der Waals surface area contributed by atoms with Crippen LogP contribution < -0.4 is 10.1 Å². The Hall–Kier alpha value is -3.41. The summed E-state index contributed by atoms with van der Waals surface area (Å²) in [6.07, 6.45) is -9.92. The molecule has 2 amide bonds. The SMILES string of the molecule is O=C1C[C@@H]2O[C@H](CN(Cc3ccc(F)c(F)c3)C[C@@H]3CN(CCO3)C(=O)[C@@H]3C[C@@H](CN3Cc3ccc(OC(F)(F)F)cc3)N1)[C@@H](O)[C@H]2O. The van der Waals surface area contributed by atoms with Crippen LogP contribution in [-0.4, -0.2) is 125 Å². The number of alkyl halides is 3. The molecule has 11 nitrogen and oxygen atoms in total. The van der Waals surface area contributed by atoms with Crippen LogP contribution >= 0.6 is 0 Å². The fourth-order valence-electron chi connectivity index (χ4n) is 6.97. The second-order valence-corrected chi connectivity index (χ2v) is 12.8. The summed E-state index contributed by atoms with van der Waals surface area (Å²) in [6.45, 7) is 1.63. The van der Waals surface area contributed by atoms with Gasteiger partial charge in [-0.05, 0) is 41.8 Å². The number of halogens is 5. The summed E-state index contributed by atoms with van der Waals surface area (Å²) in [4.78, 5) is 32.5. The van der Waals surface area contributed by atoms with E-state index in [9.17, 15) is 41.8 Å². The van der Waals surface area contributed by atoms with Crippen molar-refractivity contribution in [3.8, 4) is 5.75 Å². The maximum Gasteiger partial charge on any atom is 0.573 e. The first-order valence-corrected chi connectivity index (χ1v) is 15.8. The summed E-state index contributed by atoms with van der Waals surface area (Å²) in [5.41, 5.74) is 1.08. The molecule has 0 aromatic heterocycles. The summed E-state index contributed by atoms with van der Waals surface area (Å²) < 4.78 is 81.6. The summed E-state index contributed by atoms with van der Waals surface area (Å²) in [5.74, 6) is -3.02. The molecule has 0 aliphatic carbocycles. The van der Waals surface area contributed by atoms with Crippen molar-refractivity contribution >= 4 is 11.8 Å². The Kier molecular flexibility index (Phi) is 10.2. The van der Waals surface area contributed by atoms with Gasteiger partial charge in [0.25, 0.3) is 0 Å². The molecule has 7 atom stereocenters. The summed E-state index contributed by atoms with van der Waals surface area (Å²) in [5, 5.41) is 24.6. The van der Waals surface area contributed by atoms with Gasteiger partial charge < -0.3 is 34.6 Å². The lowest BCUT2D eigenvalue weighted by Crippen LogP contribution is -2.54. The Morgan fingerprint density at radius 3 is 2.35 bits per heavy atom. The van der Waals surface area contributed by atoms with Crippen LogP contribution in [0, 0.1) is 11.6 Å². The lowest BCUT2D eigenvalue weighted by atomic mass is 10.0. The Balaban J connectivity index is 1.24. The predicted octanol–water partition coefficient (Wildman–Crippen LogP) is 1.54. The molecule has 262 valence electrons. The van der Waals surface area contributed by atoms with E-state index in [2.05, 4.69) is 10.1 Å². The third-order valence-electron chi connectivity index (χ3n) is 9.18. The van der Waals surface area contributed by atoms with Crippen molar-refractivity contribution < 1.29 is 56.0 Å². The second-order valence-electron chi connectivity index (χ2n) is 12.8. The minimum atomic E-state index is -4.83. The molecular formula is C32H37F5N4O7. The number of hydrogen-bond acceptors (Lipinski definition) is 9. The van der Waals surface area contributed by atoms with E-state index >= 15 is 0 Å². The maximum absolute atomic E-state index is 14.1. The zero-order chi connectivity index (χ0) is 34.2. The van der Waals surface area contributed by atoms with Crippen LogP contribution in [0.4, 0.5) is 22.0 Å². The quantitative estimate of drug-likeness (QED) is 0.403. The number of carbonyl (C=O) groups excluding carboxylic acids is 2. The van der Waals surface area contributed by atoms with Gasteiger partial charge in [0.05, 0.1) is 37.4 Å². The lowest BCUT2D eigenvalue weighted by molar-refractivity contribution is -0.274. The molecular weight excluding hydrogens is 647 g/mol. The standard InChI is InChI=1S/C32H37F5N4O7/c33-23-6-3-19(9-24(23)34)12-39-15-22-16-40(7-8-46-22)31(45)25-10-20(38-28(42)11-26-29(43)30(44)27(17-39)47-26)14-41(25)13-18-1-4-21(5-2-18)48-32(35,36)37/h1-6,9,20,22,25-27,29-30,43-44H,7-8,10-17H2,(H,38,42)/t20-,22+,25-,26-,27+,29-,30+/m0/s1. The number of morpholine rings is 1. The normalized spacial score (nSPS) is 30.8. The molecule has 6 rings (SSSR count). The fourth-order valence-corrected chi connectivity index (χ4v) is 6.97. The summed E-state index contributed by atoms with van der Waals surface area (Å²) >= 11 is 0. The number of hydrogen-bond donors (Lipinski definition) is 3. The number of fused-ring (bicyclic) bond motifs is 6. The molecule has 0 saturated carbocycles. The van der Waals surface area contributed by atoms with Crippen molar-refractivity contribution in [2.24, 2.45) is 0 Å². The van der Waals surface area contributed by atoms with Crippen LogP contribution in [0.25, 0.3) is 0 Å². The number of carbonyl (C=O) groups is 2. The largest absolute Gasteiger partial charge is 0.573 e. The number of nitrogens with zero attached hydrogens (tertiary/aromatic N) is 3. The number of aliphatic hydroxyl groups excluding tert-OH is 2. The van der Waals surface area contributed by atoms with E-state index in [1.54, 1.807) is 4.90 Å². The average molecular weight is 685 g/mol. The third-order valence-corrected chi connectivity index (χ3v) is 9.18. The molecule has 0 spiro atoms. The molecule has 4 aliphatic heterocycles. The zero-order valence-corrected chi connectivity index (χ0v) is 25.8. The molecule has 0 radical (unpaired) electrons. The van der Waals surface area contributed by atoms with Gasteiger partial charge in [-0.15, -0.1) is 13.2 Å². The molecule has 4 aliphatic rings. The van der Waals surface area contributed by atoms with Crippen molar-refractivity contribution in [1.82, 2.24) is 20.0 Å². The first-order valence-electron chi connectivity index (χ1n) is 15.8. The Morgan fingerprint density at radius 1 is 0.896 bits per heavy atom. The van der Waals surface area contributed by atoms with E-state index in [-0.39, 0.29) is 70.4 Å². The van der Waals surface area contributed by atoms with Crippen molar-refractivity contribution in [3.05, 3.63) is 65.2 Å². The van der Waals surface area contributed by atoms with E-state index in [0.29, 0.717) is 17.7 Å². The van der Waals surface area contributed by atoms with Crippen molar-refractivity contribution in [3.63, 3.8) is 0 Å². The molecule has 4 heterocycles. The smallest absolute Gasteiger partial charge is 0.406 e. The van der Waals surface area contributed by atoms with Gasteiger partial charge in [0.1, 0.15) is 18.0 Å². The average Bonchev–Trinajstić information content (AvgIpc) is 3.53. The highest BCUT2D eigenvalue weighted by atomic mass is 19.4. The topological polar surface area (TPSA) is 124 Å². The van der Waals surface area contributed by atoms with E-state index < -0.39 is 66.5 Å². The van der Waals surface area contributed by atoms with Crippen LogP contribution in [0.1, 0.15) is 24.0 Å². The Bertz CT molecular complexity index is 1470. The van der Waals surface area contributed by atoms with Gasteiger partial charge in [-0.3, -0.25) is 19.4 Å². The predicted molar refractivity (Wildman–Crippen MR) is 157 cm³/mol. The number of likely N-dealkylation sites (tertiary alicyclic amines) is 1. The Labute approximate surface area is 273 Å². The van der Waals surface area contributed by atoms with Gasteiger partial charge in [-0.2, -0.15) is 0 Å². The Morgan fingerprint density at radius 2 is 1.62 bits per heavy atom. The zero-order valence-electron chi connectivity index (χ0n) is 25.8. The number of amides is 2. The van der Waals surface area contributed by atoms with Crippen molar-refractivity contribution in [2.45, 2.75) is 74.9 Å². The van der Waals surface area contributed by atoms with E-state index in [1.165, 1.54) is 30.3 Å². The highest BCUT2D eigenvalue weighted by Crippen LogP contribution is 2.29. The van der Waals surface area contributed by atoms with Crippen molar-refractivity contribution in [2.75, 3.05) is 39.3 Å². The van der Waals surface area contributed by atoms with Crippen LogP contribution in [0.3, 0.4) is 0 Å². The first kappa shape index (κ1) is 34.5. The molecule has 6 bridgehead atoms. The van der Waals surface area contributed by atoms with E-state index in [4.69, 9.17) is 9.47 Å². The van der Waals surface area contributed by atoms with Crippen molar-refractivity contribution in [1.29, 1.82) is 0 Å². The van der Waals surface area contributed by atoms with E-state index in [0.717, 1.165) is 12.1 Å². The highest BCUT2D eigenvalue weighted by molar-refractivity contribution is 5.83. The monoisotopic (exact) mass is 684 g/mol. The van der Waals surface area contributed by atoms with Gasteiger partial charge in [0, 0.05) is 51.9 Å².